The van der Waals surface area contributed by atoms with E-state index in [-0.39, 0.29) is 0 Å². The molecule has 0 aliphatic carbocycles. The molecule has 3 rings (SSSR count). The maximum atomic E-state index is 5.32. The predicted octanol–water partition coefficient (Wildman–Crippen LogP) is 2.88. The van der Waals surface area contributed by atoms with Gasteiger partial charge in [0, 0.05) is 12.4 Å². The van der Waals surface area contributed by atoms with Crippen LogP contribution in [0.25, 0.3) is 11.4 Å². The van der Waals surface area contributed by atoms with E-state index < -0.39 is 0 Å². The molecule has 0 aromatic carbocycles. The number of nitrogens with zero attached hydrogens (tertiary/aromatic N) is 3. The number of rotatable bonds is 3. The van der Waals surface area contributed by atoms with Crippen LogP contribution < -0.4 is 5.32 Å². The Bertz CT molecular complexity index is 622. The molecule has 3 heterocycles. The molecule has 0 bridgehead atoms. The fourth-order valence-electron chi connectivity index (χ4n) is 1.51. The highest BCUT2D eigenvalue weighted by Gasteiger charge is 2.07. The maximum absolute atomic E-state index is 5.32. The lowest BCUT2D eigenvalue weighted by Crippen LogP contribution is -1.92. The average Bonchev–Trinajstić information content (AvgIpc) is 2.89. The molecular weight excluding hydrogens is 228 g/mol. The molecule has 0 saturated carbocycles. The van der Waals surface area contributed by atoms with Gasteiger partial charge in [0.15, 0.2) is 0 Å². The van der Waals surface area contributed by atoms with E-state index in [1.807, 2.05) is 36.4 Å². The third kappa shape index (κ3) is 2.20. The molecule has 0 aliphatic rings. The topological polar surface area (TPSA) is 63.8 Å². The summed E-state index contributed by atoms with van der Waals surface area (Å²) in [4.78, 5) is 12.6. The van der Waals surface area contributed by atoms with E-state index in [1.165, 1.54) is 0 Å². The highest BCUT2D eigenvalue weighted by Crippen LogP contribution is 2.19. The summed E-state index contributed by atoms with van der Waals surface area (Å²) in [7, 11) is 0. The second-order valence-corrected chi connectivity index (χ2v) is 3.59. The van der Waals surface area contributed by atoms with Crippen molar-refractivity contribution in [3.63, 3.8) is 0 Å². The molecule has 0 spiro atoms. The molecule has 0 unspecified atom stereocenters. The number of hydrogen-bond donors (Lipinski definition) is 1. The number of oxazole rings is 1. The van der Waals surface area contributed by atoms with Crippen molar-refractivity contribution in [3.8, 4) is 11.4 Å². The molecule has 3 aromatic rings. The van der Waals surface area contributed by atoms with E-state index >= 15 is 0 Å². The van der Waals surface area contributed by atoms with E-state index in [9.17, 15) is 0 Å². The first-order valence-electron chi connectivity index (χ1n) is 5.47. The SMILES string of the molecule is c1ccc(Nc2nc(-c3ccccn3)co2)nc1. The largest absolute Gasteiger partial charge is 0.431 e. The van der Waals surface area contributed by atoms with Gasteiger partial charge in [-0.1, -0.05) is 12.1 Å². The third-order valence-electron chi connectivity index (χ3n) is 2.33. The lowest BCUT2D eigenvalue weighted by molar-refractivity contribution is 0.578. The van der Waals surface area contributed by atoms with Crippen LogP contribution in [0.4, 0.5) is 11.8 Å². The zero-order valence-electron chi connectivity index (χ0n) is 9.45. The summed E-state index contributed by atoms with van der Waals surface area (Å²) in [5, 5.41) is 2.98. The Morgan fingerprint density at radius 2 is 1.72 bits per heavy atom. The Hall–Kier alpha value is -2.69. The molecule has 0 fully saturated rings. The van der Waals surface area contributed by atoms with Crippen LogP contribution in [0.5, 0.6) is 0 Å². The van der Waals surface area contributed by atoms with Gasteiger partial charge < -0.3 is 4.42 Å². The van der Waals surface area contributed by atoms with Crippen molar-refractivity contribution < 1.29 is 4.42 Å². The lowest BCUT2D eigenvalue weighted by atomic mass is 10.3. The Morgan fingerprint density at radius 3 is 2.44 bits per heavy atom. The molecule has 5 nitrogen and oxygen atoms in total. The van der Waals surface area contributed by atoms with Gasteiger partial charge in [-0.25, -0.2) is 4.98 Å². The summed E-state index contributed by atoms with van der Waals surface area (Å²) in [6, 6.07) is 11.6. The van der Waals surface area contributed by atoms with Gasteiger partial charge in [-0.3, -0.25) is 10.3 Å². The Balaban J connectivity index is 1.82. The van der Waals surface area contributed by atoms with Crippen LogP contribution in [0, 0.1) is 0 Å². The second kappa shape index (κ2) is 4.67. The normalized spacial score (nSPS) is 10.2. The van der Waals surface area contributed by atoms with Gasteiger partial charge >= 0.3 is 6.01 Å². The summed E-state index contributed by atoms with van der Waals surface area (Å²) < 4.78 is 5.32. The minimum Gasteiger partial charge on any atom is -0.431 e. The highest BCUT2D eigenvalue weighted by atomic mass is 16.4. The molecule has 0 amide bonds. The van der Waals surface area contributed by atoms with E-state index in [0.717, 1.165) is 5.69 Å². The van der Waals surface area contributed by atoms with Crippen molar-refractivity contribution in [3.05, 3.63) is 55.1 Å². The fourth-order valence-corrected chi connectivity index (χ4v) is 1.51. The van der Waals surface area contributed by atoms with Crippen LogP contribution in [0.15, 0.2) is 59.5 Å². The summed E-state index contributed by atoms with van der Waals surface area (Å²) in [5.41, 5.74) is 1.46. The fraction of sp³-hybridized carbons (Fsp3) is 0. The molecule has 18 heavy (non-hydrogen) atoms. The molecule has 1 N–H and O–H groups in total. The predicted molar refractivity (Wildman–Crippen MR) is 67.3 cm³/mol. The zero-order valence-corrected chi connectivity index (χ0v) is 9.45. The second-order valence-electron chi connectivity index (χ2n) is 3.59. The van der Waals surface area contributed by atoms with Gasteiger partial charge in [0.1, 0.15) is 17.8 Å². The number of pyridine rings is 2. The number of anilines is 2. The van der Waals surface area contributed by atoms with E-state index in [2.05, 4.69) is 20.3 Å². The first-order chi connectivity index (χ1) is 8.92. The van der Waals surface area contributed by atoms with Crippen LogP contribution in [0.3, 0.4) is 0 Å². The van der Waals surface area contributed by atoms with Crippen LogP contribution in [0.1, 0.15) is 0 Å². The Morgan fingerprint density at radius 1 is 0.889 bits per heavy atom. The van der Waals surface area contributed by atoms with Crippen LogP contribution in [-0.2, 0) is 0 Å². The average molecular weight is 238 g/mol. The molecule has 0 aliphatic heterocycles. The minimum atomic E-state index is 0.398. The number of hydrogen-bond acceptors (Lipinski definition) is 5. The highest BCUT2D eigenvalue weighted by molar-refractivity contribution is 5.56. The van der Waals surface area contributed by atoms with Gasteiger partial charge in [-0.05, 0) is 24.3 Å². The van der Waals surface area contributed by atoms with Gasteiger partial charge in [0.05, 0.1) is 5.69 Å². The van der Waals surface area contributed by atoms with E-state index in [4.69, 9.17) is 4.42 Å². The zero-order chi connectivity index (χ0) is 12.2. The first kappa shape index (κ1) is 10.5. The standard InChI is InChI=1S/C13H10N4O/c1-3-7-14-10(5-1)11-9-18-13(16-11)17-12-6-2-4-8-15-12/h1-9H,(H,15,16,17). The van der Waals surface area contributed by atoms with Crippen LogP contribution >= 0.6 is 0 Å². The number of aromatic nitrogens is 3. The maximum Gasteiger partial charge on any atom is 0.300 e. The molecule has 3 aromatic heterocycles. The van der Waals surface area contributed by atoms with E-state index in [0.29, 0.717) is 17.5 Å². The van der Waals surface area contributed by atoms with Crippen LogP contribution in [0.2, 0.25) is 0 Å². The van der Waals surface area contributed by atoms with Crippen molar-refractivity contribution >= 4 is 11.8 Å². The monoisotopic (exact) mass is 238 g/mol. The van der Waals surface area contributed by atoms with Crippen molar-refractivity contribution in [1.29, 1.82) is 0 Å². The molecule has 0 atom stereocenters. The lowest BCUT2D eigenvalue weighted by Gasteiger charge is -1.98. The van der Waals surface area contributed by atoms with Crippen molar-refractivity contribution in [1.82, 2.24) is 15.0 Å². The smallest absolute Gasteiger partial charge is 0.300 e. The quantitative estimate of drug-likeness (QED) is 0.760. The first-order valence-corrected chi connectivity index (χ1v) is 5.47. The summed E-state index contributed by atoms with van der Waals surface area (Å²) in [6.45, 7) is 0. The van der Waals surface area contributed by atoms with Crippen molar-refractivity contribution in [2.24, 2.45) is 0 Å². The molecular formula is C13H10N4O. The van der Waals surface area contributed by atoms with Gasteiger partial charge in [-0.15, -0.1) is 0 Å². The Labute approximate surface area is 104 Å². The summed E-state index contributed by atoms with van der Waals surface area (Å²) in [5.74, 6) is 0.687. The minimum absolute atomic E-state index is 0.398. The van der Waals surface area contributed by atoms with Gasteiger partial charge in [-0.2, -0.15) is 4.98 Å². The molecule has 88 valence electrons. The Kier molecular flexibility index (Phi) is 2.71. The van der Waals surface area contributed by atoms with E-state index in [1.54, 1.807) is 18.7 Å². The molecule has 0 radical (unpaired) electrons. The third-order valence-corrected chi connectivity index (χ3v) is 2.33. The summed E-state index contributed by atoms with van der Waals surface area (Å²) >= 11 is 0. The van der Waals surface area contributed by atoms with Crippen molar-refractivity contribution in [2.45, 2.75) is 0 Å². The van der Waals surface area contributed by atoms with Gasteiger partial charge in [0.25, 0.3) is 0 Å². The molecule has 0 saturated heterocycles. The summed E-state index contributed by atoms with van der Waals surface area (Å²) in [6.07, 6.45) is 4.98. The van der Waals surface area contributed by atoms with Crippen molar-refractivity contribution in [2.75, 3.05) is 5.32 Å². The molecule has 5 heteroatoms. The van der Waals surface area contributed by atoms with Gasteiger partial charge in [0.2, 0.25) is 0 Å². The van der Waals surface area contributed by atoms with Crippen LogP contribution in [-0.4, -0.2) is 15.0 Å². The number of nitrogens with one attached hydrogen (secondary N) is 1.